The first kappa shape index (κ1) is 18.2. The summed E-state index contributed by atoms with van der Waals surface area (Å²) >= 11 is 0. The molecule has 0 aliphatic carbocycles. The van der Waals surface area contributed by atoms with Gasteiger partial charge in [-0.1, -0.05) is 13.8 Å². The number of amides is 2. The van der Waals surface area contributed by atoms with Crippen molar-refractivity contribution in [3.63, 3.8) is 0 Å². The molecule has 0 aliphatic heterocycles. The van der Waals surface area contributed by atoms with Crippen molar-refractivity contribution in [3.05, 3.63) is 29.3 Å². The van der Waals surface area contributed by atoms with Gasteiger partial charge in [0.1, 0.15) is 17.0 Å². The van der Waals surface area contributed by atoms with Crippen LogP contribution in [0.1, 0.15) is 45.2 Å². The van der Waals surface area contributed by atoms with Crippen molar-refractivity contribution in [2.75, 3.05) is 11.9 Å². The SMILES string of the molecule is CC(C)CNC(=O)c1c(NC(=O)c2c(C(=O)O)cnn2C)cnn1C. The van der Waals surface area contributed by atoms with E-state index in [4.69, 9.17) is 5.11 Å². The molecule has 0 aromatic carbocycles. The molecule has 2 rings (SSSR count). The number of aromatic nitrogens is 4. The molecular weight excluding hydrogens is 328 g/mol. The minimum absolute atomic E-state index is 0.120. The number of carbonyl (C=O) groups excluding carboxylic acids is 2. The Labute approximate surface area is 143 Å². The highest BCUT2D eigenvalue weighted by Crippen LogP contribution is 2.17. The molecule has 3 N–H and O–H groups in total. The zero-order chi connectivity index (χ0) is 18.7. The minimum Gasteiger partial charge on any atom is -0.478 e. The monoisotopic (exact) mass is 348 g/mol. The average Bonchev–Trinajstić information content (AvgIpc) is 3.08. The van der Waals surface area contributed by atoms with Gasteiger partial charge in [0.2, 0.25) is 0 Å². The highest BCUT2D eigenvalue weighted by Gasteiger charge is 2.24. The molecule has 2 amide bonds. The van der Waals surface area contributed by atoms with Crippen LogP contribution in [0.25, 0.3) is 0 Å². The topological polar surface area (TPSA) is 131 Å². The zero-order valence-electron chi connectivity index (χ0n) is 14.4. The highest BCUT2D eigenvalue weighted by atomic mass is 16.4. The van der Waals surface area contributed by atoms with Crippen molar-refractivity contribution < 1.29 is 19.5 Å². The minimum atomic E-state index is -1.26. The molecule has 25 heavy (non-hydrogen) atoms. The van der Waals surface area contributed by atoms with Crippen LogP contribution in [-0.4, -0.2) is 49.0 Å². The van der Waals surface area contributed by atoms with Gasteiger partial charge in [-0.3, -0.25) is 19.0 Å². The number of carbonyl (C=O) groups is 3. The van der Waals surface area contributed by atoms with Crippen LogP contribution in [0.2, 0.25) is 0 Å². The standard InChI is InChI=1S/C15H20N6O4/c1-8(2)5-16-13(22)12-10(7-18-21(12)4)19-14(23)11-9(15(24)25)6-17-20(11)3/h6-8H,5H2,1-4H3,(H,16,22)(H,19,23)(H,24,25). The third kappa shape index (κ3) is 3.84. The van der Waals surface area contributed by atoms with Crippen LogP contribution in [0.3, 0.4) is 0 Å². The summed E-state index contributed by atoms with van der Waals surface area (Å²) in [5, 5.41) is 22.2. The Morgan fingerprint density at radius 1 is 1.08 bits per heavy atom. The first-order chi connectivity index (χ1) is 11.7. The van der Waals surface area contributed by atoms with Gasteiger partial charge in [0.05, 0.1) is 18.1 Å². The summed E-state index contributed by atoms with van der Waals surface area (Å²) in [5.74, 6) is -2.07. The van der Waals surface area contributed by atoms with E-state index in [0.29, 0.717) is 6.54 Å². The largest absolute Gasteiger partial charge is 0.478 e. The van der Waals surface area contributed by atoms with Crippen LogP contribution in [0.15, 0.2) is 12.4 Å². The van der Waals surface area contributed by atoms with E-state index >= 15 is 0 Å². The lowest BCUT2D eigenvalue weighted by atomic mass is 10.2. The van der Waals surface area contributed by atoms with Crippen LogP contribution >= 0.6 is 0 Å². The van der Waals surface area contributed by atoms with Gasteiger partial charge in [-0.15, -0.1) is 0 Å². The van der Waals surface area contributed by atoms with Crippen LogP contribution in [0.4, 0.5) is 5.69 Å². The second-order valence-corrected chi connectivity index (χ2v) is 5.92. The van der Waals surface area contributed by atoms with Gasteiger partial charge in [0.15, 0.2) is 0 Å². The Kier molecular flexibility index (Phi) is 5.20. The summed E-state index contributed by atoms with van der Waals surface area (Å²) in [5.41, 5.74) is 0.0129. The van der Waals surface area contributed by atoms with E-state index in [1.54, 1.807) is 7.05 Å². The molecule has 0 spiro atoms. The van der Waals surface area contributed by atoms with E-state index in [9.17, 15) is 14.4 Å². The fraction of sp³-hybridized carbons (Fsp3) is 0.400. The number of aryl methyl sites for hydroxylation is 2. The summed E-state index contributed by atoms with van der Waals surface area (Å²) in [6, 6.07) is 0. The molecular formula is C15H20N6O4. The lowest BCUT2D eigenvalue weighted by Gasteiger charge is -2.10. The molecule has 10 heteroatoms. The molecule has 134 valence electrons. The van der Waals surface area contributed by atoms with Gasteiger partial charge >= 0.3 is 5.97 Å². The number of carboxylic acids is 1. The first-order valence-electron chi connectivity index (χ1n) is 7.59. The number of aromatic carboxylic acids is 1. The quantitative estimate of drug-likeness (QED) is 0.696. The number of nitrogens with one attached hydrogen (secondary N) is 2. The van der Waals surface area contributed by atoms with Crippen LogP contribution in [0.5, 0.6) is 0 Å². The van der Waals surface area contributed by atoms with Crippen LogP contribution < -0.4 is 10.6 Å². The summed E-state index contributed by atoms with van der Waals surface area (Å²) in [6.45, 7) is 4.40. The fourth-order valence-electron chi connectivity index (χ4n) is 2.22. The van der Waals surface area contributed by atoms with Crippen molar-refractivity contribution >= 4 is 23.5 Å². The number of carboxylic acid groups (broad SMARTS) is 1. The molecule has 0 fully saturated rings. The fourth-order valence-corrected chi connectivity index (χ4v) is 2.22. The van der Waals surface area contributed by atoms with Gasteiger partial charge in [0.25, 0.3) is 11.8 Å². The molecule has 10 nitrogen and oxygen atoms in total. The molecule has 0 saturated carbocycles. The van der Waals surface area contributed by atoms with Crippen molar-refractivity contribution in [3.8, 4) is 0 Å². The Balaban J connectivity index is 2.27. The van der Waals surface area contributed by atoms with Gasteiger partial charge in [-0.05, 0) is 5.92 Å². The van der Waals surface area contributed by atoms with Gasteiger partial charge in [0, 0.05) is 20.6 Å². The number of nitrogens with zero attached hydrogens (tertiary/aromatic N) is 4. The van der Waals surface area contributed by atoms with Gasteiger partial charge in [-0.2, -0.15) is 10.2 Å². The van der Waals surface area contributed by atoms with E-state index in [-0.39, 0.29) is 34.5 Å². The maximum Gasteiger partial charge on any atom is 0.339 e. The maximum absolute atomic E-state index is 12.5. The molecule has 0 saturated heterocycles. The Hall–Kier alpha value is -3.17. The zero-order valence-corrected chi connectivity index (χ0v) is 14.4. The molecule has 2 aromatic heterocycles. The van der Waals surface area contributed by atoms with Crippen molar-refractivity contribution in [2.24, 2.45) is 20.0 Å². The van der Waals surface area contributed by atoms with Crippen molar-refractivity contribution in [2.45, 2.75) is 13.8 Å². The van der Waals surface area contributed by atoms with E-state index in [1.807, 2.05) is 13.8 Å². The summed E-state index contributed by atoms with van der Waals surface area (Å²) in [6.07, 6.45) is 2.43. The molecule has 0 aliphatic rings. The van der Waals surface area contributed by atoms with Crippen molar-refractivity contribution in [1.29, 1.82) is 0 Å². The molecule has 2 heterocycles. The lowest BCUT2D eigenvalue weighted by molar-refractivity contribution is 0.0692. The predicted octanol–water partition coefficient (Wildman–Crippen LogP) is 0.490. The third-order valence-corrected chi connectivity index (χ3v) is 3.46. The Morgan fingerprint density at radius 3 is 2.28 bits per heavy atom. The van der Waals surface area contributed by atoms with E-state index in [1.165, 1.54) is 17.9 Å². The smallest absolute Gasteiger partial charge is 0.339 e. The van der Waals surface area contributed by atoms with Gasteiger partial charge in [-0.25, -0.2) is 4.79 Å². The second kappa shape index (κ2) is 7.16. The normalized spacial score (nSPS) is 10.8. The molecule has 0 atom stereocenters. The first-order valence-corrected chi connectivity index (χ1v) is 7.59. The van der Waals surface area contributed by atoms with Crippen LogP contribution in [0, 0.1) is 5.92 Å². The van der Waals surface area contributed by atoms with Crippen molar-refractivity contribution in [1.82, 2.24) is 24.9 Å². The number of hydrogen-bond acceptors (Lipinski definition) is 5. The Bertz CT molecular complexity index is 820. The summed E-state index contributed by atoms with van der Waals surface area (Å²) < 4.78 is 2.50. The number of hydrogen-bond donors (Lipinski definition) is 3. The van der Waals surface area contributed by atoms with Crippen LogP contribution in [-0.2, 0) is 14.1 Å². The molecule has 0 bridgehead atoms. The van der Waals surface area contributed by atoms with E-state index < -0.39 is 11.9 Å². The number of rotatable bonds is 6. The maximum atomic E-state index is 12.5. The number of anilines is 1. The molecule has 2 aromatic rings. The average molecular weight is 348 g/mol. The predicted molar refractivity (Wildman–Crippen MR) is 88.5 cm³/mol. The molecule has 0 radical (unpaired) electrons. The van der Waals surface area contributed by atoms with E-state index in [0.717, 1.165) is 10.9 Å². The highest BCUT2D eigenvalue weighted by molar-refractivity contribution is 6.11. The third-order valence-electron chi connectivity index (χ3n) is 3.46. The molecule has 0 unspecified atom stereocenters. The summed E-state index contributed by atoms with van der Waals surface area (Å²) in [4.78, 5) is 36.0. The Morgan fingerprint density at radius 2 is 1.68 bits per heavy atom. The van der Waals surface area contributed by atoms with E-state index in [2.05, 4.69) is 20.8 Å². The summed E-state index contributed by atoms with van der Waals surface area (Å²) in [7, 11) is 3.04. The second-order valence-electron chi connectivity index (χ2n) is 5.92. The lowest BCUT2D eigenvalue weighted by Crippen LogP contribution is -2.30. The van der Waals surface area contributed by atoms with Gasteiger partial charge < -0.3 is 15.7 Å².